The highest BCUT2D eigenvalue weighted by molar-refractivity contribution is 6.34. The van der Waals surface area contributed by atoms with Crippen LogP contribution in [0.4, 0.5) is 20.2 Å². The lowest BCUT2D eigenvalue weighted by Gasteiger charge is -2.50. The second-order valence-electron chi connectivity index (χ2n) is 8.68. The van der Waals surface area contributed by atoms with Crippen molar-refractivity contribution in [3.63, 3.8) is 0 Å². The van der Waals surface area contributed by atoms with Crippen molar-refractivity contribution in [1.29, 1.82) is 0 Å². The van der Waals surface area contributed by atoms with Crippen LogP contribution in [0.15, 0.2) is 43.1 Å². The molecule has 1 fully saturated rings. The first-order valence-electron chi connectivity index (χ1n) is 10.9. The number of nitrogens with zero attached hydrogens (tertiary/aromatic N) is 4. The fourth-order valence-corrected chi connectivity index (χ4v) is 5.26. The Bertz CT molecular complexity index is 1410. The number of phenols is 1. The van der Waals surface area contributed by atoms with Crippen molar-refractivity contribution in [2.75, 3.05) is 29.9 Å². The number of aromatic hydroxyl groups is 1. The van der Waals surface area contributed by atoms with Crippen LogP contribution in [0.1, 0.15) is 6.92 Å². The molecule has 0 aliphatic carbocycles. The number of carbonyl (C=O) groups is 2. The number of carbonyl (C=O) groups excluding carboxylic acids is 2. The standard InChI is InChI=1S/C25H21ClF2N4O3/c1-4-19(34)31-11-17-25(35)30(3)16-9-29-23-13(24(16)32(17)10-12(31)2)8-14(26)20(22(23)28)21-15(27)6-5-7-18(21)33/h4-9,12,17,33H,1,10-11H2,2-3H3. The highest BCUT2D eigenvalue weighted by Gasteiger charge is 2.44. The third-order valence-electron chi connectivity index (χ3n) is 6.71. The molecule has 0 radical (unpaired) electrons. The van der Waals surface area contributed by atoms with Crippen molar-refractivity contribution in [2.45, 2.75) is 19.0 Å². The molecule has 180 valence electrons. The van der Waals surface area contributed by atoms with E-state index < -0.39 is 23.4 Å². The average Bonchev–Trinajstić information content (AvgIpc) is 2.83. The molecular weight excluding hydrogens is 478 g/mol. The number of aromatic nitrogens is 1. The van der Waals surface area contributed by atoms with E-state index in [1.54, 1.807) is 11.9 Å². The molecule has 3 heterocycles. The van der Waals surface area contributed by atoms with E-state index >= 15 is 4.39 Å². The molecule has 2 aliphatic rings. The van der Waals surface area contributed by atoms with Crippen molar-refractivity contribution in [1.82, 2.24) is 9.88 Å². The van der Waals surface area contributed by atoms with Gasteiger partial charge in [-0.1, -0.05) is 24.2 Å². The van der Waals surface area contributed by atoms with Gasteiger partial charge in [-0.2, -0.15) is 0 Å². The zero-order valence-corrected chi connectivity index (χ0v) is 19.7. The first-order valence-corrected chi connectivity index (χ1v) is 11.3. The summed E-state index contributed by atoms with van der Waals surface area (Å²) in [6, 6.07) is 4.18. The number of rotatable bonds is 2. The lowest BCUT2D eigenvalue weighted by molar-refractivity contribution is -0.130. The largest absolute Gasteiger partial charge is 0.507 e. The maximum Gasteiger partial charge on any atom is 0.251 e. The molecule has 35 heavy (non-hydrogen) atoms. The lowest BCUT2D eigenvalue weighted by Crippen LogP contribution is -2.65. The van der Waals surface area contributed by atoms with Gasteiger partial charge in [0.05, 0.1) is 34.7 Å². The summed E-state index contributed by atoms with van der Waals surface area (Å²) in [7, 11) is 1.59. The zero-order chi connectivity index (χ0) is 25.2. The summed E-state index contributed by atoms with van der Waals surface area (Å²) in [6.07, 6.45) is 2.60. The molecule has 0 saturated carbocycles. The van der Waals surface area contributed by atoms with Gasteiger partial charge in [-0.05, 0) is 31.2 Å². The third kappa shape index (κ3) is 3.33. The summed E-state index contributed by atoms with van der Waals surface area (Å²) in [4.78, 5) is 34.6. The van der Waals surface area contributed by atoms with E-state index in [0.29, 0.717) is 23.3 Å². The number of phenolic OH excluding ortho intramolecular Hbond substituents is 1. The van der Waals surface area contributed by atoms with Gasteiger partial charge in [-0.25, -0.2) is 8.78 Å². The number of pyridine rings is 1. The van der Waals surface area contributed by atoms with Gasteiger partial charge in [0.25, 0.3) is 5.91 Å². The molecule has 10 heteroatoms. The highest BCUT2D eigenvalue weighted by Crippen LogP contribution is 2.47. The monoisotopic (exact) mass is 498 g/mol. The van der Waals surface area contributed by atoms with Crippen LogP contribution >= 0.6 is 11.6 Å². The molecule has 2 aromatic carbocycles. The van der Waals surface area contributed by atoms with E-state index in [0.717, 1.165) is 6.07 Å². The maximum absolute atomic E-state index is 15.8. The minimum absolute atomic E-state index is 0.0791. The van der Waals surface area contributed by atoms with Crippen molar-refractivity contribution >= 4 is 45.7 Å². The number of amides is 2. The summed E-state index contributed by atoms with van der Waals surface area (Å²) in [5.74, 6) is -2.68. The Morgan fingerprint density at radius 2 is 2.03 bits per heavy atom. The molecule has 3 aromatic rings. The molecule has 7 nitrogen and oxygen atoms in total. The van der Waals surface area contributed by atoms with Gasteiger partial charge < -0.3 is 19.8 Å². The predicted molar refractivity (Wildman–Crippen MR) is 130 cm³/mol. The summed E-state index contributed by atoms with van der Waals surface area (Å²) in [5.41, 5.74) is 0.279. The van der Waals surface area contributed by atoms with Crippen molar-refractivity contribution in [3.8, 4) is 16.9 Å². The Labute approximate surface area is 204 Å². The molecule has 1 saturated heterocycles. The number of halogens is 3. The van der Waals surface area contributed by atoms with Crippen molar-refractivity contribution in [2.24, 2.45) is 0 Å². The highest BCUT2D eigenvalue weighted by atomic mass is 35.5. The number of hydrogen-bond donors (Lipinski definition) is 1. The molecule has 1 aromatic heterocycles. The number of likely N-dealkylation sites (N-methyl/N-ethyl adjacent to an activating group) is 1. The topological polar surface area (TPSA) is 77.0 Å². The van der Waals surface area contributed by atoms with E-state index in [-0.39, 0.29) is 46.1 Å². The Kier molecular flexibility index (Phi) is 5.40. The molecule has 0 bridgehead atoms. The fourth-order valence-electron chi connectivity index (χ4n) is 4.98. The van der Waals surface area contributed by atoms with Gasteiger partial charge in [0.1, 0.15) is 23.1 Å². The van der Waals surface area contributed by atoms with Gasteiger partial charge in [0, 0.05) is 30.6 Å². The number of anilines is 2. The van der Waals surface area contributed by atoms with E-state index in [4.69, 9.17) is 11.6 Å². The minimum Gasteiger partial charge on any atom is -0.507 e. The Morgan fingerprint density at radius 3 is 2.71 bits per heavy atom. The summed E-state index contributed by atoms with van der Waals surface area (Å²) in [5, 5.41) is 10.4. The van der Waals surface area contributed by atoms with Gasteiger partial charge in [0.15, 0.2) is 5.82 Å². The summed E-state index contributed by atoms with van der Waals surface area (Å²) < 4.78 is 30.4. The van der Waals surface area contributed by atoms with Crippen LogP contribution in [0.2, 0.25) is 5.02 Å². The summed E-state index contributed by atoms with van der Waals surface area (Å²) >= 11 is 6.47. The Balaban J connectivity index is 1.74. The number of benzene rings is 2. The average molecular weight is 499 g/mol. The second-order valence-corrected chi connectivity index (χ2v) is 9.09. The number of hydrogen-bond acceptors (Lipinski definition) is 5. The third-order valence-corrected chi connectivity index (χ3v) is 7.01. The molecule has 2 unspecified atom stereocenters. The van der Waals surface area contributed by atoms with Gasteiger partial charge in [-0.15, -0.1) is 0 Å². The van der Waals surface area contributed by atoms with Crippen LogP contribution < -0.4 is 9.80 Å². The van der Waals surface area contributed by atoms with Gasteiger partial charge >= 0.3 is 0 Å². The van der Waals surface area contributed by atoms with Crippen molar-refractivity contribution in [3.05, 3.63) is 59.8 Å². The SMILES string of the molecule is C=CC(=O)N1CC2C(=O)N(C)c3cnc4c(F)c(-c5c(O)cccc5F)c(Cl)cc4c3N2CC1C. The molecule has 1 N–H and O–H groups in total. The van der Waals surface area contributed by atoms with Crippen LogP contribution in [0.25, 0.3) is 22.0 Å². The number of fused-ring (bicyclic) bond motifs is 5. The maximum atomic E-state index is 15.8. The quantitative estimate of drug-likeness (QED) is 0.538. The van der Waals surface area contributed by atoms with Crippen LogP contribution in [0.3, 0.4) is 0 Å². The molecule has 2 atom stereocenters. The van der Waals surface area contributed by atoms with Crippen molar-refractivity contribution < 1.29 is 23.5 Å². The normalized spacial score (nSPS) is 19.6. The van der Waals surface area contributed by atoms with Crippen LogP contribution in [0, 0.1) is 11.6 Å². The van der Waals surface area contributed by atoms with Gasteiger partial charge in [0.2, 0.25) is 5.91 Å². The van der Waals surface area contributed by atoms with Gasteiger partial charge in [-0.3, -0.25) is 14.6 Å². The molecule has 5 rings (SSSR count). The smallest absolute Gasteiger partial charge is 0.251 e. The Hall–Kier alpha value is -3.72. The fraction of sp³-hybridized carbons (Fsp3) is 0.240. The molecular formula is C25H21ClF2N4O3. The first kappa shape index (κ1) is 23.0. The first-order chi connectivity index (χ1) is 16.6. The number of piperazine rings is 1. The van der Waals surface area contributed by atoms with E-state index in [2.05, 4.69) is 11.6 Å². The zero-order valence-electron chi connectivity index (χ0n) is 18.9. The summed E-state index contributed by atoms with van der Waals surface area (Å²) in [6.45, 7) is 5.84. The van der Waals surface area contributed by atoms with E-state index in [1.807, 2.05) is 11.8 Å². The van der Waals surface area contributed by atoms with Crippen LogP contribution in [-0.2, 0) is 9.59 Å². The Morgan fingerprint density at radius 1 is 1.29 bits per heavy atom. The van der Waals surface area contributed by atoms with E-state index in [1.165, 1.54) is 35.4 Å². The second kappa shape index (κ2) is 8.20. The van der Waals surface area contributed by atoms with E-state index in [9.17, 15) is 19.1 Å². The lowest BCUT2D eigenvalue weighted by atomic mass is 9.96. The van der Waals surface area contributed by atoms with Crippen LogP contribution in [-0.4, -0.2) is 59.0 Å². The molecule has 2 aliphatic heterocycles. The molecule has 2 amide bonds. The molecule has 0 spiro atoms. The predicted octanol–water partition coefficient (Wildman–Crippen LogP) is 4.11. The van der Waals surface area contributed by atoms with Crippen LogP contribution in [0.5, 0.6) is 5.75 Å². The minimum atomic E-state index is -0.889.